The van der Waals surface area contributed by atoms with Gasteiger partial charge < -0.3 is 20.9 Å². The number of hydrogen-bond donors (Lipinski definition) is 2. The molecule has 1 aliphatic carbocycles. The summed E-state index contributed by atoms with van der Waals surface area (Å²) in [5.41, 5.74) is 7.12. The van der Waals surface area contributed by atoms with Crippen molar-refractivity contribution < 1.29 is 9.59 Å². The number of nitrogens with two attached hydrogens (primary N) is 1. The molecule has 1 atom stereocenters. The van der Waals surface area contributed by atoms with Crippen molar-refractivity contribution in [2.75, 3.05) is 29.4 Å². The highest BCUT2D eigenvalue weighted by molar-refractivity contribution is 6.01. The van der Waals surface area contributed by atoms with Crippen LogP contribution >= 0.6 is 0 Å². The number of amides is 3. The van der Waals surface area contributed by atoms with Gasteiger partial charge in [-0.15, -0.1) is 0 Å². The van der Waals surface area contributed by atoms with E-state index in [0.717, 1.165) is 30.4 Å². The van der Waals surface area contributed by atoms with E-state index in [4.69, 9.17) is 5.73 Å². The van der Waals surface area contributed by atoms with Crippen molar-refractivity contribution in [2.45, 2.75) is 25.8 Å². The number of fused-ring (bicyclic) bond motifs is 1. The molecule has 0 radical (unpaired) electrons. The molecule has 0 saturated heterocycles. The van der Waals surface area contributed by atoms with E-state index in [9.17, 15) is 9.59 Å². The number of carbonyl (C=O) groups is 2. The number of nitrogens with one attached hydrogen (secondary N) is 1. The van der Waals surface area contributed by atoms with Gasteiger partial charge in [0.2, 0.25) is 5.91 Å². The third kappa shape index (κ3) is 3.00. The molecule has 1 aromatic carbocycles. The zero-order valence-electron chi connectivity index (χ0n) is 12.8. The van der Waals surface area contributed by atoms with Gasteiger partial charge >= 0.3 is 6.03 Å². The summed E-state index contributed by atoms with van der Waals surface area (Å²) in [6.45, 7) is 4.18. The van der Waals surface area contributed by atoms with Gasteiger partial charge in [0.25, 0.3) is 0 Å². The normalized spacial score (nSPS) is 18.6. The fourth-order valence-corrected chi connectivity index (χ4v) is 2.96. The number of para-hydroxylation sites is 2. The first-order valence-electron chi connectivity index (χ1n) is 7.77. The number of benzene rings is 1. The first-order chi connectivity index (χ1) is 10.6. The lowest BCUT2D eigenvalue weighted by Gasteiger charge is -2.38. The van der Waals surface area contributed by atoms with Crippen LogP contribution in [-0.2, 0) is 4.79 Å². The summed E-state index contributed by atoms with van der Waals surface area (Å²) in [5, 5.41) is 2.46. The van der Waals surface area contributed by atoms with E-state index in [1.165, 1.54) is 12.8 Å². The molecule has 1 fully saturated rings. The van der Waals surface area contributed by atoms with Gasteiger partial charge in [-0.2, -0.15) is 0 Å². The number of carbonyl (C=O) groups excluding carboxylic acids is 2. The number of anilines is 2. The molecule has 1 heterocycles. The highest BCUT2D eigenvalue weighted by atomic mass is 16.2. The molecule has 1 saturated carbocycles. The Hall–Kier alpha value is -2.24. The average Bonchev–Trinajstić information content (AvgIpc) is 3.30. The first kappa shape index (κ1) is 14.7. The molecule has 2 aliphatic rings. The van der Waals surface area contributed by atoms with Crippen molar-refractivity contribution in [3.8, 4) is 0 Å². The Bertz CT molecular complexity index is 585. The maximum Gasteiger partial charge on any atom is 0.312 e. The van der Waals surface area contributed by atoms with Gasteiger partial charge in [0.05, 0.1) is 11.4 Å². The molecule has 3 amide bonds. The Kier molecular flexibility index (Phi) is 3.92. The number of nitrogens with zero attached hydrogens (tertiary/aromatic N) is 2. The van der Waals surface area contributed by atoms with Crippen LogP contribution in [0.4, 0.5) is 16.2 Å². The summed E-state index contributed by atoms with van der Waals surface area (Å²) < 4.78 is 0. The summed E-state index contributed by atoms with van der Waals surface area (Å²) in [6.07, 6.45) is 2.61. The summed E-state index contributed by atoms with van der Waals surface area (Å²) in [6, 6.07) is 6.65. The van der Waals surface area contributed by atoms with E-state index in [1.54, 1.807) is 11.8 Å². The fraction of sp³-hybridized carbons (Fsp3) is 0.500. The third-order valence-corrected chi connectivity index (χ3v) is 4.28. The van der Waals surface area contributed by atoms with Crippen LogP contribution < -0.4 is 20.9 Å². The Morgan fingerprint density at radius 2 is 1.95 bits per heavy atom. The summed E-state index contributed by atoms with van der Waals surface area (Å²) >= 11 is 0. The Morgan fingerprint density at radius 1 is 1.27 bits per heavy atom. The van der Waals surface area contributed by atoms with Crippen molar-refractivity contribution in [2.24, 2.45) is 11.7 Å². The standard InChI is InChI=1S/C16H22N4O2/c1-11(18-16(17)22)15(21)20-9-8-19(10-12-6-7-12)13-4-2-3-5-14(13)20/h2-5,11-12H,6-10H2,1H3,(H3,17,18,22). The van der Waals surface area contributed by atoms with Crippen LogP contribution in [0, 0.1) is 5.92 Å². The maximum atomic E-state index is 12.6. The minimum Gasteiger partial charge on any atom is -0.368 e. The van der Waals surface area contributed by atoms with Gasteiger partial charge in [-0.1, -0.05) is 12.1 Å². The smallest absolute Gasteiger partial charge is 0.312 e. The molecule has 6 nitrogen and oxygen atoms in total. The van der Waals surface area contributed by atoms with Crippen molar-refractivity contribution in [3.63, 3.8) is 0 Å². The van der Waals surface area contributed by atoms with Gasteiger partial charge in [-0.3, -0.25) is 4.79 Å². The largest absolute Gasteiger partial charge is 0.368 e. The maximum absolute atomic E-state index is 12.6. The second kappa shape index (κ2) is 5.87. The van der Waals surface area contributed by atoms with Gasteiger partial charge in [0.1, 0.15) is 6.04 Å². The Labute approximate surface area is 130 Å². The molecule has 3 N–H and O–H groups in total. The second-order valence-corrected chi connectivity index (χ2v) is 6.10. The first-order valence-corrected chi connectivity index (χ1v) is 7.77. The molecule has 22 heavy (non-hydrogen) atoms. The van der Waals surface area contributed by atoms with Crippen LogP contribution in [0.5, 0.6) is 0 Å². The van der Waals surface area contributed by atoms with Crippen molar-refractivity contribution in [3.05, 3.63) is 24.3 Å². The fourth-order valence-electron chi connectivity index (χ4n) is 2.96. The van der Waals surface area contributed by atoms with Crippen LogP contribution in [0.15, 0.2) is 24.3 Å². The molecule has 118 valence electrons. The van der Waals surface area contributed by atoms with Gasteiger partial charge in [-0.25, -0.2) is 4.79 Å². The molecule has 0 aromatic heterocycles. The van der Waals surface area contributed by atoms with Gasteiger partial charge in [-0.05, 0) is 37.8 Å². The Balaban J connectivity index is 1.80. The van der Waals surface area contributed by atoms with Gasteiger partial charge in [0, 0.05) is 19.6 Å². The van der Waals surface area contributed by atoms with E-state index in [0.29, 0.717) is 6.54 Å². The van der Waals surface area contributed by atoms with E-state index < -0.39 is 12.1 Å². The average molecular weight is 302 g/mol. The molecular formula is C16H22N4O2. The lowest BCUT2D eigenvalue weighted by atomic mass is 10.1. The minimum absolute atomic E-state index is 0.127. The van der Waals surface area contributed by atoms with Gasteiger partial charge in [0.15, 0.2) is 0 Å². The van der Waals surface area contributed by atoms with E-state index in [-0.39, 0.29) is 5.91 Å². The zero-order chi connectivity index (χ0) is 15.7. The topological polar surface area (TPSA) is 78.7 Å². The molecule has 1 aromatic rings. The number of hydrogen-bond acceptors (Lipinski definition) is 3. The predicted octanol–water partition coefficient (Wildman–Crippen LogP) is 1.31. The van der Waals surface area contributed by atoms with E-state index >= 15 is 0 Å². The quantitative estimate of drug-likeness (QED) is 0.880. The molecule has 0 spiro atoms. The Morgan fingerprint density at radius 3 is 2.59 bits per heavy atom. The van der Waals surface area contributed by atoms with Crippen LogP contribution in [0.2, 0.25) is 0 Å². The van der Waals surface area contributed by atoms with Crippen molar-refractivity contribution in [1.82, 2.24) is 5.32 Å². The lowest BCUT2D eigenvalue weighted by molar-refractivity contribution is -0.120. The third-order valence-electron chi connectivity index (χ3n) is 4.28. The highest BCUT2D eigenvalue weighted by Gasteiger charge is 2.32. The SMILES string of the molecule is CC(NC(N)=O)C(=O)N1CCN(CC2CC2)c2ccccc21. The monoisotopic (exact) mass is 302 g/mol. The molecule has 1 unspecified atom stereocenters. The minimum atomic E-state index is -0.679. The van der Waals surface area contributed by atoms with Crippen molar-refractivity contribution in [1.29, 1.82) is 0 Å². The number of rotatable bonds is 4. The second-order valence-electron chi connectivity index (χ2n) is 6.10. The van der Waals surface area contributed by atoms with Crippen LogP contribution in [0.1, 0.15) is 19.8 Å². The summed E-state index contributed by atoms with van der Waals surface area (Å²) in [5.74, 6) is 0.670. The highest BCUT2D eigenvalue weighted by Crippen LogP contribution is 2.37. The van der Waals surface area contributed by atoms with Crippen LogP contribution in [0.25, 0.3) is 0 Å². The summed E-state index contributed by atoms with van der Waals surface area (Å²) in [4.78, 5) is 27.6. The summed E-state index contributed by atoms with van der Waals surface area (Å²) in [7, 11) is 0. The molecule has 3 rings (SSSR count). The predicted molar refractivity (Wildman–Crippen MR) is 85.9 cm³/mol. The van der Waals surface area contributed by atoms with E-state index in [2.05, 4.69) is 16.3 Å². The van der Waals surface area contributed by atoms with Crippen LogP contribution in [-0.4, -0.2) is 37.6 Å². The van der Waals surface area contributed by atoms with E-state index in [1.807, 2.05) is 18.2 Å². The van der Waals surface area contributed by atoms with Crippen molar-refractivity contribution >= 4 is 23.3 Å². The molecule has 0 bridgehead atoms. The number of urea groups is 1. The zero-order valence-corrected chi connectivity index (χ0v) is 12.8. The van der Waals surface area contributed by atoms with Crippen LogP contribution in [0.3, 0.4) is 0 Å². The molecule has 6 heteroatoms. The number of primary amides is 1. The molecular weight excluding hydrogens is 280 g/mol. The molecule has 1 aliphatic heterocycles. The lowest BCUT2D eigenvalue weighted by Crippen LogP contribution is -2.52.